The first-order valence-corrected chi connectivity index (χ1v) is 11.2. The third kappa shape index (κ3) is 5.13. The summed E-state index contributed by atoms with van der Waals surface area (Å²) in [5.74, 6) is -0.710. The van der Waals surface area contributed by atoms with Crippen LogP contribution >= 0.6 is 0 Å². The Morgan fingerprint density at radius 2 is 1.25 bits per heavy atom. The third-order valence-electron chi connectivity index (χ3n) is 5.56. The van der Waals surface area contributed by atoms with Crippen molar-refractivity contribution >= 4 is 51.2 Å². The average molecular weight is 475 g/mol. The number of nitrogens with two attached hydrogens (primary N) is 1. The van der Waals surface area contributed by atoms with Gasteiger partial charge >= 0.3 is 0 Å². The van der Waals surface area contributed by atoms with Crippen LogP contribution in [0.4, 0.5) is 28.4 Å². The molecule has 0 saturated carbocycles. The number of rotatable bonds is 7. The SMILES string of the molecule is NC(=O)c1ccc2nccc(Nc3ccc(C(=O)Nc4ccc(Nc5ccncc5)cc4)cc3)c2c1. The monoisotopic (exact) mass is 474 g/mol. The van der Waals surface area contributed by atoms with E-state index in [4.69, 9.17) is 5.73 Å². The van der Waals surface area contributed by atoms with Crippen LogP contribution in [0.25, 0.3) is 10.9 Å². The number of carbonyl (C=O) groups excluding carboxylic acids is 2. The number of primary amides is 1. The molecule has 2 amide bonds. The summed E-state index contributed by atoms with van der Waals surface area (Å²) in [6.45, 7) is 0. The quantitative estimate of drug-likeness (QED) is 0.248. The first kappa shape index (κ1) is 22.5. The van der Waals surface area contributed by atoms with E-state index in [0.717, 1.165) is 33.7 Å². The Morgan fingerprint density at radius 1 is 0.639 bits per heavy atom. The smallest absolute Gasteiger partial charge is 0.255 e. The Kier molecular flexibility index (Phi) is 6.23. The number of hydrogen-bond acceptors (Lipinski definition) is 6. The average Bonchev–Trinajstić information content (AvgIpc) is 2.91. The number of nitrogens with zero attached hydrogens (tertiary/aromatic N) is 2. The largest absolute Gasteiger partial charge is 0.366 e. The van der Waals surface area contributed by atoms with Gasteiger partial charge in [-0.1, -0.05) is 0 Å². The highest BCUT2D eigenvalue weighted by Crippen LogP contribution is 2.26. The van der Waals surface area contributed by atoms with E-state index in [2.05, 4.69) is 25.9 Å². The number of benzene rings is 3. The van der Waals surface area contributed by atoms with Crippen LogP contribution in [0.2, 0.25) is 0 Å². The fraction of sp³-hybridized carbons (Fsp3) is 0. The molecular formula is C28H22N6O2. The van der Waals surface area contributed by atoms with Crippen LogP contribution in [0.15, 0.2) is 104 Å². The predicted molar refractivity (Wildman–Crippen MR) is 142 cm³/mol. The van der Waals surface area contributed by atoms with E-state index < -0.39 is 5.91 Å². The van der Waals surface area contributed by atoms with Crippen molar-refractivity contribution in [3.8, 4) is 0 Å². The van der Waals surface area contributed by atoms with Crippen molar-refractivity contribution in [2.45, 2.75) is 0 Å². The molecule has 176 valence electrons. The number of carbonyl (C=O) groups is 2. The van der Waals surface area contributed by atoms with Gasteiger partial charge < -0.3 is 21.7 Å². The van der Waals surface area contributed by atoms with Gasteiger partial charge in [-0.05, 0) is 84.9 Å². The van der Waals surface area contributed by atoms with Crippen molar-refractivity contribution in [2.24, 2.45) is 5.73 Å². The van der Waals surface area contributed by atoms with Gasteiger partial charge in [0.05, 0.1) is 5.52 Å². The van der Waals surface area contributed by atoms with Crippen LogP contribution in [-0.4, -0.2) is 21.8 Å². The minimum atomic E-state index is -0.498. The van der Waals surface area contributed by atoms with Crippen LogP contribution in [0.3, 0.4) is 0 Å². The summed E-state index contributed by atoms with van der Waals surface area (Å²) in [5, 5.41) is 10.3. The molecule has 5 N–H and O–H groups in total. The number of nitrogens with one attached hydrogen (secondary N) is 3. The predicted octanol–water partition coefficient (Wildman–Crippen LogP) is 5.47. The molecule has 0 bridgehead atoms. The molecule has 5 aromatic rings. The third-order valence-corrected chi connectivity index (χ3v) is 5.56. The van der Waals surface area contributed by atoms with Crippen LogP contribution < -0.4 is 21.7 Å². The number of fused-ring (bicyclic) bond motifs is 1. The van der Waals surface area contributed by atoms with Crippen molar-refractivity contribution in [3.63, 3.8) is 0 Å². The van der Waals surface area contributed by atoms with Gasteiger partial charge in [0.2, 0.25) is 5.91 Å². The lowest BCUT2D eigenvalue weighted by Crippen LogP contribution is -2.11. The summed E-state index contributed by atoms with van der Waals surface area (Å²) in [6, 6.07) is 25.3. The van der Waals surface area contributed by atoms with Crippen LogP contribution in [0.5, 0.6) is 0 Å². The molecule has 0 unspecified atom stereocenters. The molecule has 2 heterocycles. The Morgan fingerprint density at radius 3 is 1.97 bits per heavy atom. The lowest BCUT2D eigenvalue weighted by Gasteiger charge is -2.11. The maximum absolute atomic E-state index is 12.7. The highest BCUT2D eigenvalue weighted by Gasteiger charge is 2.09. The Bertz CT molecular complexity index is 1540. The second-order valence-corrected chi connectivity index (χ2v) is 8.05. The highest BCUT2D eigenvalue weighted by atomic mass is 16.2. The minimum Gasteiger partial charge on any atom is -0.366 e. The van der Waals surface area contributed by atoms with E-state index in [1.165, 1.54) is 0 Å². The molecule has 3 aromatic carbocycles. The Labute approximate surface area is 207 Å². The molecule has 0 aliphatic carbocycles. The lowest BCUT2D eigenvalue weighted by atomic mass is 10.1. The molecular weight excluding hydrogens is 452 g/mol. The molecule has 0 saturated heterocycles. The first-order valence-electron chi connectivity index (χ1n) is 11.2. The molecule has 0 aliphatic rings. The molecule has 8 nitrogen and oxygen atoms in total. The second-order valence-electron chi connectivity index (χ2n) is 8.05. The van der Waals surface area contributed by atoms with Crippen LogP contribution in [0.1, 0.15) is 20.7 Å². The maximum Gasteiger partial charge on any atom is 0.255 e. The highest BCUT2D eigenvalue weighted by molar-refractivity contribution is 6.05. The van der Waals surface area contributed by atoms with Gasteiger partial charge in [0, 0.05) is 63.5 Å². The van der Waals surface area contributed by atoms with Crippen molar-refractivity contribution in [2.75, 3.05) is 16.0 Å². The number of anilines is 5. The van der Waals surface area contributed by atoms with Crippen molar-refractivity contribution < 1.29 is 9.59 Å². The summed E-state index contributed by atoms with van der Waals surface area (Å²) in [6.07, 6.45) is 5.13. The fourth-order valence-electron chi connectivity index (χ4n) is 3.71. The number of amides is 2. The number of hydrogen-bond donors (Lipinski definition) is 4. The molecule has 0 fully saturated rings. The van der Waals surface area contributed by atoms with Crippen molar-refractivity contribution in [1.82, 2.24) is 9.97 Å². The summed E-state index contributed by atoms with van der Waals surface area (Å²) in [4.78, 5) is 32.6. The molecule has 0 atom stereocenters. The van der Waals surface area contributed by atoms with E-state index in [9.17, 15) is 9.59 Å². The van der Waals surface area contributed by atoms with Crippen LogP contribution in [0, 0.1) is 0 Å². The molecule has 0 aliphatic heterocycles. The number of aromatic nitrogens is 2. The van der Waals surface area contributed by atoms with Crippen molar-refractivity contribution in [1.29, 1.82) is 0 Å². The van der Waals surface area contributed by atoms with Gasteiger partial charge in [0.25, 0.3) is 5.91 Å². The summed E-state index contributed by atoms with van der Waals surface area (Å²) < 4.78 is 0. The van der Waals surface area contributed by atoms with Gasteiger partial charge in [0.1, 0.15) is 0 Å². The van der Waals surface area contributed by atoms with Gasteiger partial charge in [-0.2, -0.15) is 0 Å². The van der Waals surface area contributed by atoms with Crippen LogP contribution in [-0.2, 0) is 0 Å². The van der Waals surface area contributed by atoms with Gasteiger partial charge in [-0.15, -0.1) is 0 Å². The van der Waals surface area contributed by atoms with Crippen molar-refractivity contribution in [3.05, 3.63) is 115 Å². The molecule has 0 spiro atoms. The Balaban J connectivity index is 1.25. The maximum atomic E-state index is 12.7. The van der Waals surface area contributed by atoms with E-state index in [1.807, 2.05) is 54.6 Å². The zero-order valence-corrected chi connectivity index (χ0v) is 19.1. The zero-order valence-electron chi connectivity index (χ0n) is 19.1. The Hall–Kier alpha value is -5.24. The molecule has 5 rings (SSSR count). The molecule has 2 aromatic heterocycles. The minimum absolute atomic E-state index is 0.211. The molecule has 36 heavy (non-hydrogen) atoms. The summed E-state index contributed by atoms with van der Waals surface area (Å²) >= 11 is 0. The van der Waals surface area contributed by atoms with Gasteiger partial charge in [-0.3, -0.25) is 19.6 Å². The van der Waals surface area contributed by atoms with E-state index >= 15 is 0 Å². The van der Waals surface area contributed by atoms with Gasteiger partial charge in [-0.25, -0.2) is 0 Å². The van der Waals surface area contributed by atoms with E-state index in [-0.39, 0.29) is 5.91 Å². The first-order chi connectivity index (χ1) is 17.5. The number of pyridine rings is 2. The summed E-state index contributed by atoms with van der Waals surface area (Å²) in [5.41, 5.74) is 11.2. The molecule has 8 heteroatoms. The summed E-state index contributed by atoms with van der Waals surface area (Å²) in [7, 11) is 0. The molecule has 0 radical (unpaired) electrons. The normalized spacial score (nSPS) is 10.6. The van der Waals surface area contributed by atoms with Gasteiger partial charge in [0.15, 0.2) is 0 Å². The zero-order chi connectivity index (χ0) is 24.9. The van der Waals surface area contributed by atoms with E-state index in [1.54, 1.807) is 48.9 Å². The fourth-order valence-corrected chi connectivity index (χ4v) is 3.71. The second kappa shape index (κ2) is 9.94. The topological polar surface area (TPSA) is 122 Å². The lowest BCUT2D eigenvalue weighted by molar-refractivity contribution is 0.0997. The standard InChI is InChI=1S/C28H22N6O2/c29-27(35)19-3-10-25-24(17-19)26(13-16-31-25)33-21-4-1-18(2-5-21)28(36)34-22-8-6-20(7-9-22)32-23-11-14-30-15-12-23/h1-17H,(H2,29,35)(H,30,32)(H,31,33)(H,34,36). The van der Waals surface area contributed by atoms with E-state index in [0.29, 0.717) is 16.8 Å².